The summed E-state index contributed by atoms with van der Waals surface area (Å²) in [6.45, 7) is 3.96. The maximum absolute atomic E-state index is 6.05. The van der Waals surface area contributed by atoms with Gasteiger partial charge in [0.25, 0.3) is 5.95 Å². The Balaban J connectivity index is 1.84. The van der Waals surface area contributed by atoms with Crippen LogP contribution in [0.1, 0.15) is 0 Å². The van der Waals surface area contributed by atoms with Gasteiger partial charge in [-0.25, -0.2) is 9.67 Å². The molecule has 2 N–H and O–H groups in total. The summed E-state index contributed by atoms with van der Waals surface area (Å²) in [5.74, 6) is 1.01. The van der Waals surface area contributed by atoms with Gasteiger partial charge in [-0.1, -0.05) is 0 Å². The lowest BCUT2D eigenvalue weighted by Gasteiger charge is -2.34. The molecule has 0 atom stereocenters. The van der Waals surface area contributed by atoms with Crippen LogP contribution < -0.4 is 10.6 Å². The first kappa shape index (κ1) is 11.9. The van der Waals surface area contributed by atoms with Crippen LogP contribution in [0.15, 0.2) is 24.7 Å². The van der Waals surface area contributed by atoms with Gasteiger partial charge in [0, 0.05) is 38.6 Å². The van der Waals surface area contributed by atoms with E-state index in [1.54, 1.807) is 23.3 Å². The topological polar surface area (TPSA) is 76.1 Å². The molecule has 0 aromatic carbocycles. The summed E-state index contributed by atoms with van der Waals surface area (Å²) in [5, 5.41) is 4.10. The van der Waals surface area contributed by atoms with Gasteiger partial charge in [-0.2, -0.15) is 10.1 Å². The molecule has 0 spiro atoms. The highest BCUT2D eigenvalue weighted by Gasteiger charge is 2.17. The monoisotopic (exact) mass is 259 g/mol. The molecule has 0 amide bonds. The van der Waals surface area contributed by atoms with Crippen molar-refractivity contribution in [2.75, 3.05) is 43.9 Å². The summed E-state index contributed by atoms with van der Waals surface area (Å²) in [7, 11) is 2.12. The number of piperazine rings is 1. The van der Waals surface area contributed by atoms with Crippen LogP contribution in [0.25, 0.3) is 5.95 Å². The Labute approximate surface area is 111 Å². The second kappa shape index (κ2) is 4.85. The van der Waals surface area contributed by atoms with Gasteiger partial charge in [-0.3, -0.25) is 0 Å². The van der Waals surface area contributed by atoms with Crippen molar-refractivity contribution < 1.29 is 0 Å². The van der Waals surface area contributed by atoms with Crippen molar-refractivity contribution >= 4 is 11.5 Å². The van der Waals surface area contributed by atoms with Gasteiger partial charge in [-0.05, 0) is 13.1 Å². The van der Waals surface area contributed by atoms with Gasteiger partial charge in [0.2, 0.25) is 0 Å². The van der Waals surface area contributed by atoms with Crippen LogP contribution in [0, 0.1) is 0 Å². The van der Waals surface area contributed by atoms with E-state index in [-0.39, 0.29) is 0 Å². The molecule has 2 aromatic heterocycles. The molecule has 1 aliphatic rings. The SMILES string of the molecule is CN1CCN(c2cnc(-n3cccn3)nc2N)CC1. The maximum atomic E-state index is 6.05. The standard InChI is InChI=1S/C12H17N7/c1-17-5-7-18(8-6-17)10-9-14-12(16-11(10)13)19-4-2-3-15-19/h2-4,9H,5-8H2,1H3,(H2,13,14,16). The van der Waals surface area contributed by atoms with Crippen molar-refractivity contribution in [3.63, 3.8) is 0 Å². The minimum absolute atomic E-state index is 0.500. The van der Waals surface area contributed by atoms with Crippen molar-refractivity contribution in [2.24, 2.45) is 0 Å². The van der Waals surface area contributed by atoms with E-state index in [4.69, 9.17) is 5.73 Å². The van der Waals surface area contributed by atoms with E-state index in [2.05, 4.69) is 31.9 Å². The Morgan fingerprint density at radius 1 is 1.21 bits per heavy atom. The predicted molar refractivity (Wildman–Crippen MR) is 73.3 cm³/mol. The van der Waals surface area contributed by atoms with Crippen molar-refractivity contribution in [1.29, 1.82) is 0 Å². The molecule has 1 aliphatic heterocycles. The number of nitrogen functional groups attached to an aromatic ring is 1. The lowest BCUT2D eigenvalue weighted by atomic mass is 10.3. The predicted octanol–water partition coefficient (Wildman–Crippen LogP) is -0.00370. The fourth-order valence-corrected chi connectivity index (χ4v) is 2.17. The van der Waals surface area contributed by atoms with E-state index in [9.17, 15) is 0 Å². The van der Waals surface area contributed by atoms with Crippen molar-refractivity contribution in [3.05, 3.63) is 24.7 Å². The van der Waals surface area contributed by atoms with Crippen LogP contribution in [-0.4, -0.2) is 57.9 Å². The van der Waals surface area contributed by atoms with Crippen LogP contribution in [-0.2, 0) is 0 Å². The van der Waals surface area contributed by atoms with Crippen LogP contribution in [0.2, 0.25) is 0 Å². The van der Waals surface area contributed by atoms with Crippen LogP contribution >= 0.6 is 0 Å². The number of aromatic nitrogens is 4. The number of likely N-dealkylation sites (N-methyl/N-ethyl adjacent to an activating group) is 1. The quantitative estimate of drug-likeness (QED) is 0.818. The Morgan fingerprint density at radius 3 is 2.63 bits per heavy atom. The van der Waals surface area contributed by atoms with E-state index in [0.29, 0.717) is 11.8 Å². The molecular weight excluding hydrogens is 242 g/mol. The number of hydrogen-bond acceptors (Lipinski definition) is 6. The summed E-state index contributed by atoms with van der Waals surface area (Å²) >= 11 is 0. The number of anilines is 2. The zero-order chi connectivity index (χ0) is 13.2. The third kappa shape index (κ3) is 2.37. The summed E-state index contributed by atoms with van der Waals surface area (Å²) in [6, 6.07) is 1.83. The summed E-state index contributed by atoms with van der Waals surface area (Å²) in [4.78, 5) is 13.2. The second-order valence-corrected chi connectivity index (χ2v) is 4.68. The number of hydrogen-bond donors (Lipinski definition) is 1. The molecule has 7 heteroatoms. The lowest BCUT2D eigenvalue weighted by Crippen LogP contribution is -2.44. The minimum atomic E-state index is 0.500. The second-order valence-electron chi connectivity index (χ2n) is 4.68. The molecule has 3 heterocycles. The first-order valence-corrected chi connectivity index (χ1v) is 6.30. The highest BCUT2D eigenvalue weighted by atomic mass is 15.3. The van der Waals surface area contributed by atoms with E-state index >= 15 is 0 Å². The van der Waals surface area contributed by atoms with Gasteiger partial charge >= 0.3 is 0 Å². The molecule has 0 bridgehead atoms. The molecular formula is C12H17N7. The number of nitrogens with zero attached hydrogens (tertiary/aromatic N) is 6. The first-order valence-electron chi connectivity index (χ1n) is 6.30. The van der Waals surface area contributed by atoms with Gasteiger partial charge in [0.05, 0.1) is 11.9 Å². The van der Waals surface area contributed by atoms with E-state index in [0.717, 1.165) is 31.9 Å². The average Bonchev–Trinajstić information content (AvgIpc) is 2.94. The zero-order valence-corrected chi connectivity index (χ0v) is 10.9. The third-order valence-electron chi connectivity index (χ3n) is 3.34. The van der Waals surface area contributed by atoms with Gasteiger partial charge in [0.15, 0.2) is 5.82 Å². The Hall–Kier alpha value is -2.15. The van der Waals surface area contributed by atoms with E-state index in [1.165, 1.54) is 0 Å². The first-order chi connectivity index (χ1) is 9.24. The average molecular weight is 259 g/mol. The van der Waals surface area contributed by atoms with Crippen LogP contribution in [0.3, 0.4) is 0 Å². The molecule has 1 fully saturated rings. The van der Waals surface area contributed by atoms with Crippen molar-refractivity contribution in [3.8, 4) is 5.95 Å². The number of nitrogens with two attached hydrogens (primary N) is 1. The molecule has 1 saturated heterocycles. The Morgan fingerprint density at radius 2 is 2.00 bits per heavy atom. The van der Waals surface area contributed by atoms with Gasteiger partial charge in [-0.15, -0.1) is 0 Å². The molecule has 3 rings (SSSR count). The van der Waals surface area contributed by atoms with Crippen molar-refractivity contribution in [1.82, 2.24) is 24.6 Å². The molecule has 19 heavy (non-hydrogen) atoms. The van der Waals surface area contributed by atoms with E-state index in [1.807, 2.05) is 6.07 Å². The fourth-order valence-electron chi connectivity index (χ4n) is 2.17. The highest BCUT2D eigenvalue weighted by molar-refractivity contribution is 5.63. The molecule has 0 aliphatic carbocycles. The third-order valence-corrected chi connectivity index (χ3v) is 3.34. The molecule has 0 saturated carbocycles. The normalized spacial score (nSPS) is 16.8. The zero-order valence-electron chi connectivity index (χ0n) is 10.9. The van der Waals surface area contributed by atoms with Crippen LogP contribution in [0.4, 0.5) is 11.5 Å². The molecule has 2 aromatic rings. The largest absolute Gasteiger partial charge is 0.382 e. The highest BCUT2D eigenvalue weighted by Crippen LogP contribution is 2.21. The molecule has 100 valence electrons. The van der Waals surface area contributed by atoms with Crippen molar-refractivity contribution in [2.45, 2.75) is 0 Å². The van der Waals surface area contributed by atoms with E-state index < -0.39 is 0 Å². The minimum Gasteiger partial charge on any atom is -0.382 e. The lowest BCUT2D eigenvalue weighted by molar-refractivity contribution is 0.313. The molecule has 0 unspecified atom stereocenters. The van der Waals surface area contributed by atoms with Gasteiger partial charge < -0.3 is 15.5 Å². The number of rotatable bonds is 2. The summed E-state index contributed by atoms with van der Waals surface area (Å²) in [6.07, 6.45) is 5.27. The molecule has 0 radical (unpaired) electrons. The Kier molecular flexibility index (Phi) is 3.04. The molecule has 7 nitrogen and oxygen atoms in total. The Bertz CT molecular complexity index is 543. The summed E-state index contributed by atoms with van der Waals surface area (Å²) < 4.78 is 1.60. The smallest absolute Gasteiger partial charge is 0.252 e. The van der Waals surface area contributed by atoms with Gasteiger partial charge in [0.1, 0.15) is 0 Å². The maximum Gasteiger partial charge on any atom is 0.252 e. The summed E-state index contributed by atoms with van der Waals surface area (Å²) in [5.41, 5.74) is 6.95. The fraction of sp³-hybridized carbons (Fsp3) is 0.417. The van der Waals surface area contributed by atoms with Crippen LogP contribution in [0.5, 0.6) is 0 Å².